The fourth-order valence-electron chi connectivity index (χ4n) is 2.47. The summed E-state index contributed by atoms with van der Waals surface area (Å²) < 4.78 is 27.1. The van der Waals surface area contributed by atoms with Gasteiger partial charge in [0, 0.05) is 32.2 Å². The van der Waals surface area contributed by atoms with E-state index in [9.17, 15) is 13.2 Å². The maximum absolute atomic E-state index is 12.9. The number of amides is 1. The van der Waals surface area contributed by atoms with Crippen molar-refractivity contribution < 1.29 is 13.2 Å². The van der Waals surface area contributed by atoms with Crippen LogP contribution in [0.3, 0.4) is 0 Å². The van der Waals surface area contributed by atoms with Gasteiger partial charge in [0.1, 0.15) is 0 Å². The molecule has 1 amide bonds. The molecule has 0 bridgehead atoms. The van der Waals surface area contributed by atoms with Gasteiger partial charge in [0.2, 0.25) is 10.0 Å². The molecule has 0 heterocycles. The Morgan fingerprint density at radius 1 is 1.04 bits per heavy atom. The van der Waals surface area contributed by atoms with Gasteiger partial charge in [-0.25, -0.2) is 8.42 Å². The number of carbonyl (C=O) groups excluding carboxylic acids is 1. The van der Waals surface area contributed by atoms with E-state index in [4.69, 9.17) is 5.73 Å². The highest BCUT2D eigenvalue weighted by Gasteiger charge is 2.23. The molecular formula is C18H23N3O3S. The summed E-state index contributed by atoms with van der Waals surface area (Å²) in [7, 11) is -2.13. The largest absolute Gasteiger partial charge is 0.355 e. The molecule has 0 radical (unpaired) electrons. The minimum atomic E-state index is -3.66. The van der Waals surface area contributed by atoms with Crippen LogP contribution in [0.2, 0.25) is 0 Å². The molecule has 2 rings (SSSR count). The smallest absolute Gasteiger partial charge is 0.251 e. The number of carbonyl (C=O) groups is 1. The molecule has 0 aliphatic rings. The van der Waals surface area contributed by atoms with Crippen molar-refractivity contribution >= 4 is 15.9 Å². The van der Waals surface area contributed by atoms with Crippen molar-refractivity contribution in [1.82, 2.24) is 9.62 Å². The van der Waals surface area contributed by atoms with Crippen molar-refractivity contribution in [2.75, 3.05) is 26.7 Å². The number of hydrogen-bond donors (Lipinski definition) is 2. The van der Waals surface area contributed by atoms with Gasteiger partial charge in [-0.15, -0.1) is 0 Å². The van der Waals surface area contributed by atoms with Crippen LogP contribution < -0.4 is 11.1 Å². The first-order valence-electron chi connectivity index (χ1n) is 8.05. The zero-order chi connectivity index (χ0) is 18.3. The van der Waals surface area contributed by atoms with Crippen LogP contribution in [0.25, 0.3) is 0 Å². The van der Waals surface area contributed by atoms with Crippen molar-refractivity contribution in [2.45, 2.75) is 11.3 Å². The number of rotatable bonds is 8. The highest BCUT2D eigenvalue weighted by atomic mass is 32.2. The van der Waals surface area contributed by atoms with E-state index in [1.54, 1.807) is 0 Å². The molecular weight excluding hydrogens is 338 g/mol. The molecule has 0 unspecified atom stereocenters. The van der Waals surface area contributed by atoms with E-state index in [1.807, 2.05) is 30.3 Å². The summed E-state index contributed by atoms with van der Waals surface area (Å²) in [5.74, 6) is -0.258. The van der Waals surface area contributed by atoms with Gasteiger partial charge in [-0.1, -0.05) is 30.3 Å². The highest BCUT2D eigenvalue weighted by molar-refractivity contribution is 7.89. The predicted molar refractivity (Wildman–Crippen MR) is 97.8 cm³/mol. The van der Waals surface area contributed by atoms with Crippen LogP contribution in [0.1, 0.15) is 15.9 Å². The summed E-state index contributed by atoms with van der Waals surface area (Å²) in [4.78, 5) is 11.7. The van der Waals surface area contributed by atoms with Crippen LogP contribution in [0.5, 0.6) is 0 Å². The molecule has 7 heteroatoms. The predicted octanol–water partition coefficient (Wildman–Crippen LogP) is 1.24. The van der Waals surface area contributed by atoms with Gasteiger partial charge in [-0.05, 0) is 36.2 Å². The Labute approximate surface area is 148 Å². The summed E-state index contributed by atoms with van der Waals surface area (Å²) in [5.41, 5.74) is 7.07. The minimum Gasteiger partial charge on any atom is -0.355 e. The standard InChI is InChI=1S/C18H23N3O3S/c1-20-18(22)16-7-9-17(10-8-16)25(23,24)21(14-12-19)13-11-15-5-3-2-4-6-15/h2-10H,11-14,19H2,1H3,(H,20,22). The number of nitrogens with one attached hydrogen (secondary N) is 1. The summed E-state index contributed by atoms with van der Waals surface area (Å²) in [6, 6.07) is 15.6. The second kappa shape index (κ2) is 8.75. The molecule has 0 spiro atoms. The molecule has 3 N–H and O–H groups in total. The molecule has 0 saturated heterocycles. The second-order valence-corrected chi connectivity index (χ2v) is 7.47. The quantitative estimate of drug-likeness (QED) is 0.740. The molecule has 0 fully saturated rings. The lowest BCUT2D eigenvalue weighted by molar-refractivity contribution is 0.0963. The van der Waals surface area contributed by atoms with E-state index < -0.39 is 10.0 Å². The number of nitrogens with zero attached hydrogens (tertiary/aromatic N) is 1. The van der Waals surface area contributed by atoms with Crippen LogP contribution in [0.4, 0.5) is 0 Å². The van der Waals surface area contributed by atoms with Crippen molar-refractivity contribution in [3.8, 4) is 0 Å². The lowest BCUT2D eigenvalue weighted by Gasteiger charge is -2.21. The Hall–Kier alpha value is -2.22. The Morgan fingerprint density at radius 2 is 1.68 bits per heavy atom. The highest BCUT2D eigenvalue weighted by Crippen LogP contribution is 2.17. The zero-order valence-corrected chi connectivity index (χ0v) is 15.0. The normalized spacial score (nSPS) is 11.5. The van der Waals surface area contributed by atoms with Gasteiger partial charge >= 0.3 is 0 Å². The first-order chi connectivity index (χ1) is 12.0. The summed E-state index contributed by atoms with van der Waals surface area (Å²) in [5, 5.41) is 2.51. The molecule has 6 nitrogen and oxygen atoms in total. The van der Waals surface area contributed by atoms with Crippen LogP contribution in [0, 0.1) is 0 Å². The Kier molecular flexibility index (Phi) is 6.69. The first-order valence-corrected chi connectivity index (χ1v) is 9.49. The maximum Gasteiger partial charge on any atom is 0.251 e. The molecule has 2 aromatic carbocycles. The fourth-order valence-corrected chi connectivity index (χ4v) is 3.92. The van der Waals surface area contributed by atoms with Crippen molar-refractivity contribution in [3.05, 3.63) is 65.7 Å². The number of nitrogens with two attached hydrogens (primary N) is 1. The summed E-state index contributed by atoms with van der Waals surface area (Å²) in [6.45, 7) is 0.831. The average molecular weight is 361 g/mol. The van der Waals surface area contributed by atoms with Gasteiger partial charge in [0.15, 0.2) is 0 Å². The Bertz CT molecular complexity index is 790. The Balaban J connectivity index is 2.18. The van der Waals surface area contributed by atoms with Gasteiger partial charge < -0.3 is 11.1 Å². The summed E-state index contributed by atoms with van der Waals surface area (Å²) >= 11 is 0. The number of hydrogen-bond acceptors (Lipinski definition) is 4. The van der Waals surface area contributed by atoms with E-state index in [1.165, 1.54) is 35.6 Å². The number of sulfonamides is 1. The zero-order valence-electron chi connectivity index (χ0n) is 14.2. The molecule has 0 aliphatic heterocycles. The fraction of sp³-hybridized carbons (Fsp3) is 0.278. The monoisotopic (exact) mass is 361 g/mol. The lowest BCUT2D eigenvalue weighted by atomic mass is 10.1. The van der Waals surface area contributed by atoms with Crippen molar-refractivity contribution in [1.29, 1.82) is 0 Å². The third-order valence-corrected chi connectivity index (χ3v) is 5.77. The van der Waals surface area contributed by atoms with E-state index in [0.717, 1.165) is 5.56 Å². The molecule has 0 saturated carbocycles. The van der Waals surface area contributed by atoms with Gasteiger partial charge in [-0.2, -0.15) is 4.31 Å². The van der Waals surface area contributed by atoms with Crippen LogP contribution in [-0.2, 0) is 16.4 Å². The van der Waals surface area contributed by atoms with Crippen LogP contribution in [-0.4, -0.2) is 45.3 Å². The minimum absolute atomic E-state index is 0.154. The van der Waals surface area contributed by atoms with E-state index in [0.29, 0.717) is 18.5 Å². The third-order valence-electron chi connectivity index (χ3n) is 3.85. The topological polar surface area (TPSA) is 92.5 Å². The molecule has 0 aliphatic carbocycles. The lowest BCUT2D eigenvalue weighted by Crippen LogP contribution is -2.37. The van der Waals surface area contributed by atoms with Gasteiger partial charge in [-0.3, -0.25) is 4.79 Å². The second-order valence-electron chi connectivity index (χ2n) is 5.53. The molecule has 25 heavy (non-hydrogen) atoms. The first kappa shape index (κ1) is 19.1. The Morgan fingerprint density at radius 3 is 2.24 bits per heavy atom. The van der Waals surface area contributed by atoms with E-state index in [-0.39, 0.29) is 23.9 Å². The summed E-state index contributed by atoms with van der Waals surface area (Å²) in [6.07, 6.45) is 0.608. The molecule has 2 aromatic rings. The van der Waals surface area contributed by atoms with Gasteiger partial charge in [0.25, 0.3) is 5.91 Å². The molecule has 0 aromatic heterocycles. The van der Waals surface area contributed by atoms with Crippen LogP contribution >= 0.6 is 0 Å². The SMILES string of the molecule is CNC(=O)c1ccc(S(=O)(=O)N(CCN)CCc2ccccc2)cc1. The molecule has 0 atom stereocenters. The molecule has 134 valence electrons. The average Bonchev–Trinajstić information content (AvgIpc) is 2.65. The third kappa shape index (κ3) is 4.88. The van der Waals surface area contributed by atoms with Crippen molar-refractivity contribution in [3.63, 3.8) is 0 Å². The van der Waals surface area contributed by atoms with Crippen molar-refractivity contribution in [2.24, 2.45) is 5.73 Å². The number of benzene rings is 2. The van der Waals surface area contributed by atoms with E-state index >= 15 is 0 Å². The van der Waals surface area contributed by atoms with Gasteiger partial charge in [0.05, 0.1) is 4.90 Å². The maximum atomic E-state index is 12.9. The van der Waals surface area contributed by atoms with E-state index in [2.05, 4.69) is 5.32 Å². The van der Waals surface area contributed by atoms with Crippen LogP contribution in [0.15, 0.2) is 59.5 Å².